The van der Waals surface area contributed by atoms with Crippen LogP contribution in [0.1, 0.15) is 46.5 Å². The minimum atomic E-state index is -0.176. The van der Waals surface area contributed by atoms with Gasteiger partial charge >= 0.3 is 0 Å². The van der Waals surface area contributed by atoms with E-state index >= 15 is 0 Å². The SMILES string of the molecule is CCCCCC1OC(OC)C(C)C(OCOC)C1C. The Balaban J connectivity index is 2.61. The number of hydrogen-bond donors (Lipinski definition) is 0. The molecule has 4 heteroatoms. The summed E-state index contributed by atoms with van der Waals surface area (Å²) in [4.78, 5) is 0. The van der Waals surface area contributed by atoms with Gasteiger partial charge in [0.1, 0.15) is 6.79 Å². The average Bonchev–Trinajstić information content (AvgIpc) is 2.41. The Morgan fingerprint density at radius 2 is 1.79 bits per heavy atom. The molecule has 114 valence electrons. The number of methoxy groups -OCH3 is 2. The van der Waals surface area contributed by atoms with Gasteiger partial charge in [-0.2, -0.15) is 0 Å². The van der Waals surface area contributed by atoms with Gasteiger partial charge in [0.25, 0.3) is 0 Å². The first-order valence-electron chi connectivity index (χ1n) is 7.44. The van der Waals surface area contributed by atoms with E-state index in [1.807, 2.05) is 0 Å². The van der Waals surface area contributed by atoms with Crippen LogP contribution in [0.2, 0.25) is 0 Å². The van der Waals surface area contributed by atoms with Gasteiger partial charge in [0.05, 0.1) is 12.2 Å². The fourth-order valence-electron chi connectivity index (χ4n) is 2.91. The summed E-state index contributed by atoms with van der Waals surface area (Å²) in [6.45, 7) is 6.87. The Hall–Kier alpha value is -0.160. The topological polar surface area (TPSA) is 36.9 Å². The smallest absolute Gasteiger partial charge is 0.162 e. The van der Waals surface area contributed by atoms with Gasteiger partial charge in [-0.15, -0.1) is 0 Å². The van der Waals surface area contributed by atoms with Crippen molar-refractivity contribution in [3.63, 3.8) is 0 Å². The summed E-state index contributed by atoms with van der Waals surface area (Å²) >= 11 is 0. The van der Waals surface area contributed by atoms with Gasteiger partial charge in [0, 0.05) is 26.1 Å². The van der Waals surface area contributed by atoms with Gasteiger partial charge in [-0.25, -0.2) is 0 Å². The van der Waals surface area contributed by atoms with Crippen molar-refractivity contribution in [1.29, 1.82) is 0 Å². The summed E-state index contributed by atoms with van der Waals surface area (Å²) in [5.41, 5.74) is 0. The van der Waals surface area contributed by atoms with E-state index in [0.717, 1.165) is 6.42 Å². The molecule has 0 aromatic heterocycles. The van der Waals surface area contributed by atoms with E-state index in [1.54, 1.807) is 14.2 Å². The summed E-state index contributed by atoms with van der Waals surface area (Å²) in [6.07, 6.45) is 4.93. The normalized spacial score (nSPS) is 35.5. The fourth-order valence-corrected chi connectivity index (χ4v) is 2.91. The van der Waals surface area contributed by atoms with E-state index < -0.39 is 0 Å². The Kier molecular flexibility index (Phi) is 7.91. The van der Waals surface area contributed by atoms with Crippen LogP contribution < -0.4 is 0 Å². The van der Waals surface area contributed by atoms with E-state index in [-0.39, 0.29) is 24.4 Å². The van der Waals surface area contributed by atoms with Crippen molar-refractivity contribution in [2.75, 3.05) is 21.0 Å². The first-order chi connectivity index (χ1) is 9.15. The molecule has 4 nitrogen and oxygen atoms in total. The molecule has 19 heavy (non-hydrogen) atoms. The Morgan fingerprint density at radius 3 is 2.37 bits per heavy atom. The highest BCUT2D eigenvalue weighted by molar-refractivity contribution is 4.86. The second kappa shape index (κ2) is 8.90. The molecule has 1 heterocycles. The van der Waals surface area contributed by atoms with Crippen LogP contribution in [0.4, 0.5) is 0 Å². The third-order valence-corrected chi connectivity index (χ3v) is 4.06. The quantitative estimate of drug-likeness (QED) is 0.503. The molecule has 0 aromatic carbocycles. The van der Waals surface area contributed by atoms with E-state index in [9.17, 15) is 0 Å². The van der Waals surface area contributed by atoms with Gasteiger partial charge in [-0.3, -0.25) is 0 Å². The molecule has 5 atom stereocenters. The molecule has 1 saturated heterocycles. The van der Waals surface area contributed by atoms with Crippen LogP contribution >= 0.6 is 0 Å². The van der Waals surface area contributed by atoms with Crippen molar-refractivity contribution in [2.24, 2.45) is 11.8 Å². The summed E-state index contributed by atoms with van der Waals surface area (Å²) in [6, 6.07) is 0. The maximum atomic E-state index is 6.07. The van der Waals surface area contributed by atoms with E-state index in [4.69, 9.17) is 18.9 Å². The standard InChI is InChI=1S/C15H30O4/c1-6-7-8-9-13-11(2)14(18-10-16-4)12(3)15(17-5)19-13/h11-15H,6-10H2,1-5H3. The molecular formula is C15H30O4. The summed E-state index contributed by atoms with van der Waals surface area (Å²) < 4.78 is 22.4. The minimum absolute atomic E-state index is 0.130. The minimum Gasteiger partial charge on any atom is -0.359 e. The van der Waals surface area contributed by atoms with Crippen molar-refractivity contribution < 1.29 is 18.9 Å². The van der Waals surface area contributed by atoms with Gasteiger partial charge in [0.15, 0.2) is 6.29 Å². The first-order valence-corrected chi connectivity index (χ1v) is 7.44. The van der Waals surface area contributed by atoms with Crippen LogP contribution in [0.15, 0.2) is 0 Å². The molecule has 1 aliphatic rings. The number of ether oxygens (including phenoxy) is 4. The van der Waals surface area contributed by atoms with Crippen molar-refractivity contribution in [1.82, 2.24) is 0 Å². The molecule has 0 radical (unpaired) electrons. The third-order valence-electron chi connectivity index (χ3n) is 4.06. The van der Waals surface area contributed by atoms with Gasteiger partial charge < -0.3 is 18.9 Å². The highest BCUT2D eigenvalue weighted by atomic mass is 16.7. The molecule has 0 spiro atoms. The molecule has 0 saturated carbocycles. The van der Waals surface area contributed by atoms with Gasteiger partial charge in [-0.05, 0) is 6.42 Å². The Labute approximate surface area is 117 Å². The van der Waals surface area contributed by atoms with Gasteiger partial charge in [-0.1, -0.05) is 40.0 Å². The maximum Gasteiger partial charge on any atom is 0.162 e. The second-order valence-electron chi connectivity index (χ2n) is 5.53. The molecule has 1 rings (SSSR count). The molecule has 0 aromatic rings. The molecule has 0 amide bonds. The fraction of sp³-hybridized carbons (Fsp3) is 1.00. The molecule has 5 unspecified atom stereocenters. The lowest BCUT2D eigenvalue weighted by Crippen LogP contribution is -2.50. The lowest BCUT2D eigenvalue weighted by atomic mass is 9.83. The number of unbranched alkanes of at least 4 members (excludes halogenated alkanes) is 2. The second-order valence-corrected chi connectivity index (χ2v) is 5.53. The first kappa shape index (κ1) is 16.9. The van der Waals surface area contributed by atoms with E-state index in [1.165, 1.54) is 19.3 Å². The van der Waals surface area contributed by atoms with Crippen LogP contribution in [-0.4, -0.2) is 39.5 Å². The summed E-state index contributed by atoms with van der Waals surface area (Å²) in [7, 11) is 3.36. The van der Waals surface area contributed by atoms with Crippen molar-refractivity contribution in [3.05, 3.63) is 0 Å². The van der Waals surface area contributed by atoms with Crippen LogP contribution in [0.3, 0.4) is 0 Å². The van der Waals surface area contributed by atoms with Crippen LogP contribution in [0.5, 0.6) is 0 Å². The Morgan fingerprint density at radius 1 is 1.05 bits per heavy atom. The predicted molar refractivity (Wildman–Crippen MR) is 74.9 cm³/mol. The van der Waals surface area contributed by atoms with Gasteiger partial charge in [0.2, 0.25) is 0 Å². The van der Waals surface area contributed by atoms with Crippen molar-refractivity contribution in [3.8, 4) is 0 Å². The zero-order chi connectivity index (χ0) is 14.3. The van der Waals surface area contributed by atoms with E-state index in [0.29, 0.717) is 12.7 Å². The molecule has 0 bridgehead atoms. The lowest BCUT2D eigenvalue weighted by Gasteiger charge is -2.44. The zero-order valence-corrected chi connectivity index (χ0v) is 13.1. The maximum absolute atomic E-state index is 6.07. The van der Waals surface area contributed by atoms with E-state index in [2.05, 4.69) is 20.8 Å². The summed E-state index contributed by atoms with van der Waals surface area (Å²) in [5, 5.41) is 0. The highest BCUT2D eigenvalue weighted by Crippen LogP contribution is 2.34. The highest BCUT2D eigenvalue weighted by Gasteiger charge is 2.41. The molecule has 1 aliphatic heterocycles. The Bertz CT molecular complexity index is 234. The molecule has 0 N–H and O–H groups in total. The monoisotopic (exact) mass is 274 g/mol. The van der Waals surface area contributed by atoms with Crippen molar-refractivity contribution in [2.45, 2.75) is 65.0 Å². The number of rotatable bonds is 8. The molecular weight excluding hydrogens is 244 g/mol. The van der Waals surface area contributed by atoms with Crippen LogP contribution in [0.25, 0.3) is 0 Å². The van der Waals surface area contributed by atoms with Crippen LogP contribution in [-0.2, 0) is 18.9 Å². The summed E-state index contributed by atoms with van der Waals surface area (Å²) in [5.74, 6) is 0.589. The average molecular weight is 274 g/mol. The lowest BCUT2D eigenvalue weighted by molar-refractivity contribution is -0.271. The zero-order valence-electron chi connectivity index (χ0n) is 13.1. The van der Waals surface area contributed by atoms with Crippen molar-refractivity contribution >= 4 is 0 Å². The molecule has 0 aliphatic carbocycles. The molecule has 1 fully saturated rings. The third kappa shape index (κ3) is 4.71. The van der Waals surface area contributed by atoms with Crippen LogP contribution in [0, 0.1) is 11.8 Å². The largest absolute Gasteiger partial charge is 0.359 e. The number of hydrogen-bond acceptors (Lipinski definition) is 4. The predicted octanol–water partition coefficient (Wildman–Crippen LogP) is 3.20.